The normalized spacial score (nSPS) is 25.1. The Hall–Kier alpha value is -1.30. The van der Waals surface area contributed by atoms with Gasteiger partial charge in [0.25, 0.3) is 0 Å². The summed E-state index contributed by atoms with van der Waals surface area (Å²) >= 11 is 0. The summed E-state index contributed by atoms with van der Waals surface area (Å²) < 4.78 is 5.12. The summed E-state index contributed by atoms with van der Waals surface area (Å²) in [5.74, 6) is -0.847. The van der Waals surface area contributed by atoms with Gasteiger partial charge in [-0.25, -0.2) is 4.79 Å². The minimum Gasteiger partial charge on any atom is -0.480 e. The Labute approximate surface area is 101 Å². The number of rotatable bonds is 2. The molecule has 1 aliphatic rings. The van der Waals surface area contributed by atoms with Gasteiger partial charge >= 0.3 is 12.1 Å². The highest BCUT2D eigenvalue weighted by atomic mass is 16.6. The van der Waals surface area contributed by atoms with Crippen LogP contribution in [0.5, 0.6) is 0 Å². The molecule has 1 heterocycles. The van der Waals surface area contributed by atoms with E-state index < -0.39 is 23.7 Å². The van der Waals surface area contributed by atoms with Gasteiger partial charge in [-0.1, -0.05) is 0 Å². The van der Waals surface area contributed by atoms with Crippen molar-refractivity contribution in [1.29, 1.82) is 0 Å². The van der Waals surface area contributed by atoms with E-state index in [1.807, 2.05) is 0 Å². The van der Waals surface area contributed by atoms with Crippen LogP contribution in [0.4, 0.5) is 4.79 Å². The highest BCUT2D eigenvalue weighted by Crippen LogP contribution is 2.10. The SMILES string of the molecule is CC(C)(C)OC(=O)N[C@H]1CC[C@H](C(=O)O)NC1. The maximum absolute atomic E-state index is 11.5. The Morgan fingerprint density at radius 1 is 1.35 bits per heavy atom. The van der Waals surface area contributed by atoms with E-state index in [0.29, 0.717) is 19.4 Å². The van der Waals surface area contributed by atoms with Crippen LogP contribution in [0.1, 0.15) is 33.6 Å². The van der Waals surface area contributed by atoms with Crippen LogP contribution in [0.2, 0.25) is 0 Å². The van der Waals surface area contributed by atoms with Crippen LogP contribution < -0.4 is 10.6 Å². The molecular formula is C11H20N2O4. The lowest BCUT2D eigenvalue weighted by Gasteiger charge is -2.29. The number of aliphatic carboxylic acids is 1. The van der Waals surface area contributed by atoms with Crippen molar-refractivity contribution in [3.8, 4) is 0 Å². The van der Waals surface area contributed by atoms with E-state index in [1.165, 1.54) is 0 Å². The monoisotopic (exact) mass is 244 g/mol. The van der Waals surface area contributed by atoms with Crippen LogP contribution in [0.3, 0.4) is 0 Å². The molecule has 0 radical (unpaired) electrons. The topological polar surface area (TPSA) is 87.7 Å². The van der Waals surface area contributed by atoms with Crippen molar-refractivity contribution in [3.63, 3.8) is 0 Å². The average molecular weight is 244 g/mol. The number of ether oxygens (including phenoxy) is 1. The fourth-order valence-electron chi connectivity index (χ4n) is 1.66. The minimum atomic E-state index is -0.847. The molecule has 1 aliphatic heterocycles. The van der Waals surface area contributed by atoms with E-state index in [2.05, 4.69) is 10.6 Å². The number of carbonyl (C=O) groups is 2. The Kier molecular flexibility index (Phi) is 4.34. The highest BCUT2D eigenvalue weighted by Gasteiger charge is 2.27. The number of piperidine rings is 1. The fourth-order valence-corrected chi connectivity index (χ4v) is 1.66. The van der Waals surface area contributed by atoms with Crippen molar-refractivity contribution >= 4 is 12.1 Å². The molecule has 1 rings (SSSR count). The van der Waals surface area contributed by atoms with Crippen LogP contribution in [0.25, 0.3) is 0 Å². The van der Waals surface area contributed by atoms with Crippen molar-refractivity contribution in [2.24, 2.45) is 0 Å². The van der Waals surface area contributed by atoms with Crippen LogP contribution in [0, 0.1) is 0 Å². The number of hydrogen-bond donors (Lipinski definition) is 3. The average Bonchev–Trinajstić information content (AvgIpc) is 2.15. The number of hydrogen-bond acceptors (Lipinski definition) is 4. The van der Waals surface area contributed by atoms with Crippen molar-refractivity contribution in [1.82, 2.24) is 10.6 Å². The summed E-state index contributed by atoms with van der Waals surface area (Å²) in [4.78, 5) is 22.2. The molecule has 98 valence electrons. The molecule has 2 atom stereocenters. The molecule has 0 spiro atoms. The molecule has 0 aromatic carbocycles. The van der Waals surface area contributed by atoms with E-state index in [0.717, 1.165) is 0 Å². The zero-order chi connectivity index (χ0) is 13.1. The van der Waals surface area contributed by atoms with Gasteiger partial charge in [-0.05, 0) is 33.6 Å². The largest absolute Gasteiger partial charge is 0.480 e. The lowest BCUT2D eigenvalue weighted by atomic mass is 10.0. The quantitative estimate of drug-likeness (QED) is 0.666. The summed E-state index contributed by atoms with van der Waals surface area (Å²) in [7, 11) is 0. The molecule has 0 aromatic heterocycles. The summed E-state index contributed by atoms with van der Waals surface area (Å²) in [5.41, 5.74) is -0.518. The molecule has 6 nitrogen and oxygen atoms in total. The summed E-state index contributed by atoms with van der Waals surface area (Å²) in [5, 5.41) is 14.4. The third kappa shape index (κ3) is 5.04. The Morgan fingerprint density at radius 2 is 2.00 bits per heavy atom. The number of carboxylic acids is 1. The molecule has 0 unspecified atom stereocenters. The third-order valence-electron chi connectivity index (χ3n) is 2.43. The standard InChI is InChI=1S/C11H20N2O4/c1-11(2,3)17-10(16)13-7-4-5-8(9(14)15)12-6-7/h7-8,12H,4-6H2,1-3H3,(H,13,16)(H,14,15)/t7-,8+/m0/s1. The van der Waals surface area contributed by atoms with Crippen molar-refractivity contribution < 1.29 is 19.4 Å². The first kappa shape index (κ1) is 13.8. The van der Waals surface area contributed by atoms with Gasteiger partial charge < -0.3 is 20.5 Å². The zero-order valence-corrected chi connectivity index (χ0v) is 10.4. The molecule has 6 heteroatoms. The fraction of sp³-hybridized carbons (Fsp3) is 0.818. The van der Waals surface area contributed by atoms with Crippen molar-refractivity contribution in [2.45, 2.75) is 51.3 Å². The van der Waals surface area contributed by atoms with Gasteiger partial charge in [0.15, 0.2) is 0 Å². The lowest BCUT2D eigenvalue weighted by molar-refractivity contribution is -0.140. The molecule has 1 amide bonds. The maximum Gasteiger partial charge on any atom is 0.407 e. The molecule has 3 N–H and O–H groups in total. The van der Waals surface area contributed by atoms with E-state index >= 15 is 0 Å². The molecule has 0 aliphatic carbocycles. The number of nitrogens with one attached hydrogen (secondary N) is 2. The summed E-state index contributed by atoms with van der Waals surface area (Å²) in [6, 6.07) is -0.577. The zero-order valence-electron chi connectivity index (χ0n) is 10.4. The van der Waals surface area contributed by atoms with Crippen LogP contribution >= 0.6 is 0 Å². The van der Waals surface area contributed by atoms with Crippen LogP contribution in [-0.4, -0.2) is 41.4 Å². The van der Waals surface area contributed by atoms with E-state index in [-0.39, 0.29) is 6.04 Å². The van der Waals surface area contributed by atoms with Crippen LogP contribution in [0.15, 0.2) is 0 Å². The Bertz CT molecular complexity index is 290. The molecule has 0 saturated carbocycles. The molecule has 0 aromatic rings. The van der Waals surface area contributed by atoms with Gasteiger partial charge in [0.2, 0.25) is 0 Å². The van der Waals surface area contributed by atoms with E-state index in [1.54, 1.807) is 20.8 Å². The molecule has 1 saturated heterocycles. The first-order valence-electron chi connectivity index (χ1n) is 5.73. The van der Waals surface area contributed by atoms with Gasteiger partial charge in [0.1, 0.15) is 11.6 Å². The minimum absolute atomic E-state index is 0.0690. The number of carboxylic acid groups (broad SMARTS) is 1. The predicted octanol–water partition coefficient (Wildman–Crippen LogP) is 0.716. The van der Waals surface area contributed by atoms with E-state index in [9.17, 15) is 9.59 Å². The third-order valence-corrected chi connectivity index (χ3v) is 2.43. The first-order valence-corrected chi connectivity index (χ1v) is 5.73. The number of amides is 1. The Morgan fingerprint density at radius 3 is 2.41 bits per heavy atom. The molecule has 0 bridgehead atoms. The first-order chi connectivity index (χ1) is 7.78. The molecular weight excluding hydrogens is 224 g/mol. The second kappa shape index (κ2) is 5.35. The lowest BCUT2D eigenvalue weighted by Crippen LogP contribution is -2.52. The van der Waals surface area contributed by atoms with Crippen molar-refractivity contribution in [2.75, 3.05) is 6.54 Å². The number of carbonyl (C=O) groups excluding carboxylic acids is 1. The van der Waals surface area contributed by atoms with Gasteiger partial charge in [-0.2, -0.15) is 0 Å². The second-order valence-electron chi connectivity index (χ2n) is 5.22. The van der Waals surface area contributed by atoms with E-state index in [4.69, 9.17) is 9.84 Å². The van der Waals surface area contributed by atoms with Gasteiger partial charge in [-0.3, -0.25) is 4.79 Å². The second-order valence-corrected chi connectivity index (χ2v) is 5.22. The highest BCUT2D eigenvalue weighted by molar-refractivity contribution is 5.73. The van der Waals surface area contributed by atoms with Gasteiger partial charge in [-0.15, -0.1) is 0 Å². The maximum atomic E-state index is 11.5. The van der Waals surface area contributed by atoms with Gasteiger partial charge in [0.05, 0.1) is 0 Å². The molecule has 1 fully saturated rings. The van der Waals surface area contributed by atoms with Crippen LogP contribution in [-0.2, 0) is 9.53 Å². The summed E-state index contributed by atoms with van der Waals surface area (Å²) in [6.45, 7) is 5.85. The smallest absolute Gasteiger partial charge is 0.407 e. The predicted molar refractivity (Wildman–Crippen MR) is 61.8 cm³/mol. The molecule has 17 heavy (non-hydrogen) atoms. The Balaban J connectivity index is 2.31. The van der Waals surface area contributed by atoms with Crippen molar-refractivity contribution in [3.05, 3.63) is 0 Å². The van der Waals surface area contributed by atoms with Gasteiger partial charge in [0, 0.05) is 12.6 Å². The summed E-state index contributed by atoms with van der Waals surface area (Å²) in [6.07, 6.45) is 0.692. The number of alkyl carbamates (subject to hydrolysis) is 1.